The van der Waals surface area contributed by atoms with E-state index in [0.717, 1.165) is 38.0 Å². The van der Waals surface area contributed by atoms with E-state index in [9.17, 15) is 4.79 Å². The molecule has 1 fully saturated rings. The van der Waals surface area contributed by atoms with Crippen LogP contribution in [0.5, 0.6) is 0 Å². The number of amides is 1. The minimum Gasteiger partial charge on any atom is -0.326 e. The second-order valence-electron chi connectivity index (χ2n) is 6.50. The third kappa shape index (κ3) is 4.42. The Labute approximate surface area is 138 Å². The summed E-state index contributed by atoms with van der Waals surface area (Å²) >= 11 is 0. The molecule has 120 valence electrons. The zero-order chi connectivity index (χ0) is 16.0. The Morgan fingerprint density at radius 1 is 0.957 bits per heavy atom. The zero-order valence-corrected chi connectivity index (χ0v) is 13.4. The molecule has 0 unspecified atom stereocenters. The van der Waals surface area contributed by atoms with Gasteiger partial charge in [0.2, 0.25) is 5.91 Å². The minimum atomic E-state index is 0.0610. The van der Waals surface area contributed by atoms with Gasteiger partial charge in [-0.25, -0.2) is 0 Å². The highest BCUT2D eigenvalue weighted by molar-refractivity contribution is 5.91. The Morgan fingerprint density at radius 3 is 2.22 bits per heavy atom. The highest BCUT2D eigenvalue weighted by Gasteiger charge is 2.34. The first-order chi connectivity index (χ1) is 11.3. The molecule has 1 saturated heterocycles. The van der Waals surface area contributed by atoms with Crippen LogP contribution in [0, 0.1) is 5.41 Å². The van der Waals surface area contributed by atoms with Crippen LogP contribution < -0.4 is 10.6 Å². The summed E-state index contributed by atoms with van der Waals surface area (Å²) in [7, 11) is 0. The van der Waals surface area contributed by atoms with Crippen LogP contribution >= 0.6 is 0 Å². The van der Waals surface area contributed by atoms with Crippen LogP contribution in [0.25, 0.3) is 0 Å². The fraction of sp³-hybridized carbons (Fsp3) is 0.350. The quantitative estimate of drug-likeness (QED) is 0.885. The van der Waals surface area contributed by atoms with E-state index in [1.54, 1.807) is 0 Å². The molecule has 3 heteroatoms. The van der Waals surface area contributed by atoms with Gasteiger partial charge in [0.25, 0.3) is 0 Å². The second kappa shape index (κ2) is 7.42. The maximum Gasteiger partial charge on any atom is 0.224 e. The largest absolute Gasteiger partial charge is 0.326 e. The second-order valence-corrected chi connectivity index (χ2v) is 6.50. The number of carbonyl (C=O) groups excluding carboxylic acids is 1. The fourth-order valence-electron chi connectivity index (χ4n) is 3.47. The molecule has 2 aromatic carbocycles. The monoisotopic (exact) mass is 308 g/mol. The van der Waals surface area contributed by atoms with Gasteiger partial charge in [-0.3, -0.25) is 4.79 Å². The first-order valence-electron chi connectivity index (χ1n) is 8.35. The Hall–Kier alpha value is -2.13. The van der Waals surface area contributed by atoms with E-state index in [2.05, 4.69) is 34.9 Å². The first-order valence-corrected chi connectivity index (χ1v) is 8.35. The van der Waals surface area contributed by atoms with Crippen LogP contribution in [0.4, 0.5) is 5.69 Å². The maximum atomic E-state index is 12.5. The first kappa shape index (κ1) is 15.8. The predicted molar refractivity (Wildman–Crippen MR) is 94.4 cm³/mol. The number of para-hydroxylation sites is 1. The van der Waals surface area contributed by atoms with Crippen molar-refractivity contribution in [3.05, 3.63) is 66.2 Å². The Balaban J connectivity index is 1.70. The van der Waals surface area contributed by atoms with Gasteiger partial charge >= 0.3 is 0 Å². The standard InChI is InChI=1S/C20H24N2O/c23-19(22-18-9-5-2-6-10-18)16-20(11-13-21-14-12-20)15-17-7-3-1-4-8-17/h1-10,21H,11-16H2,(H,22,23). The molecule has 0 radical (unpaired) electrons. The number of piperidine rings is 1. The molecule has 3 rings (SSSR count). The van der Waals surface area contributed by atoms with Crippen LogP contribution in [-0.2, 0) is 11.2 Å². The summed E-state index contributed by atoms with van der Waals surface area (Å²) in [4.78, 5) is 12.5. The molecule has 2 N–H and O–H groups in total. The van der Waals surface area contributed by atoms with Crippen LogP contribution in [0.1, 0.15) is 24.8 Å². The van der Waals surface area contributed by atoms with Crippen molar-refractivity contribution in [2.45, 2.75) is 25.7 Å². The van der Waals surface area contributed by atoms with Crippen LogP contribution in [0.2, 0.25) is 0 Å². The van der Waals surface area contributed by atoms with E-state index in [-0.39, 0.29) is 11.3 Å². The van der Waals surface area contributed by atoms with E-state index >= 15 is 0 Å². The molecular weight excluding hydrogens is 284 g/mol. The summed E-state index contributed by atoms with van der Waals surface area (Å²) in [5.41, 5.74) is 2.26. The summed E-state index contributed by atoms with van der Waals surface area (Å²) in [6.07, 6.45) is 3.64. The molecule has 1 aliphatic heterocycles. The van der Waals surface area contributed by atoms with Crippen LogP contribution in [0.3, 0.4) is 0 Å². The van der Waals surface area contributed by atoms with Crippen molar-refractivity contribution in [2.75, 3.05) is 18.4 Å². The summed E-state index contributed by atoms with van der Waals surface area (Å²) < 4.78 is 0. The average molecular weight is 308 g/mol. The van der Waals surface area contributed by atoms with Gasteiger partial charge in [-0.05, 0) is 55.5 Å². The van der Waals surface area contributed by atoms with Gasteiger partial charge in [-0.1, -0.05) is 48.5 Å². The molecule has 0 aliphatic carbocycles. The van der Waals surface area contributed by atoms with Gasteiger partial charge in [0, 0.05) is 12.1 Å². The Bertz CT molecular complexity index is 619. The van der Waals surface area contributed by atoms with Crippen LogP contribution in [0.15, 0.2) is 60.7 Å². The van der Waals surface area contributed by atoms with Gasteiger partial charge in [0.15, 0.2) is 0 Å². The van der Waals surface area contributed by atoms with E-state index in [0.29, 0.717) is 6.42 Å². The van der Waals surface area contributed by atoms with Crippen molar-refractivity contribution in [3.8, 4) is 0 Å². The van der Waals surface area contributed by atoms with Gasteiger partial charge in [-0.2, -0.15) is 0 Å². The molecule has 1 amide bonds. The molecule has 0 aromatic heterocycles. The summed E-state index contributed by atoms with van der Waals surface area (Å²) in [6, 6.07) is 20.2. The number of hydrogen-bond acceptors (Lipinski definition) is 2. The fourth-order valence-corrected chi connectivity index (χ4v) is 3.47. The summed E-state index contributed by atoms with van der Waals surface area (Å²) in [5, 5.41) is 6.46. The van der Waals surface area contributed by atoms with E-state index in [1.165, 1.54) is 5.56 Å². The molecular formula is C20H24N2O. The van der Waals surface area contributed by atoms with Gasteiger partial charge in [0.1, 0.15) is 0 Å². The molecule has 0 saturated carbocycles. The van der Waals surface area contributed by atoms with E-state index < -0.39 is 0 Å². The highest BCUT2D eigenvalue weighted by atomic mass is 16.1. The molecule has 3 nitrogen and oxygen atoms in total. The number of anilines is 1. The maximum absolute atomic E-state index is 12.5. The lowest BCUT2D eigenvalue weighted by molar-refractivity contribution is -0.118. The highest BCUT2D eigenvalue weighted by Crippen LogP contribution is 2.36. The molecule has 1 aliphatic rings. The van der Waals surface area contributed by atoms with Gasteiger partial charge in [0.05, 0.1) is 0 Å². The minimum absolute atomic E-state index is 0.0610. The number of rotatable bonds is 5. The van der Waals surface area contributed by atoms with E-state index in [1.807, 2.05) is 36.4 Å². The molecule has 0 bridgehead atoms. The number of hydrogen-bond donors (Lipinski definition) is 2. The zero-order valence-electron chi connectivity index (χ0n) is 13.4. The smallest absolute Gasteiger partial charge is 0.224 e. The van der Waals surface area contributed by atoms with Gasteiger partial charge in [-0.15, -0.1) is 0 Å². The molecule has 0 atom stereocenters. The molecule has 0 spiro atoms. The summed E-state index contributed by atoms with van der Waals surface area (Å²) in [6.45, 7) is 1.98. The predicted octanol–water partition coefficient (Wildman–Crippen LogP) is 3.63. The Kier molecular flexibility index (Phi) is 5.09. The number of benzene rings is 2. The third-order valence-corrected chi connectivity index (χ3v) is 4.68. The van der Waals surface area contributed by atoms with Crippen molar-refractivity contribution >= 4 is 11.6 Å². The number of carbonyl (C=O) groups is 1. The van der Waals surface area contributed by atoms with Gasteiger partial charge < -0.3 is 10.6 Å². The van der Waals surface area contributed by atoms with Crippen molar-refractivity contribution < 1.29 is 4.79 Å². The lowest BCUT2D eigenvalue weighted by Crippen LogP contribution is -2.40. The lowest BCUT2D eigenvalue weighted by atomic mass is 9.71. The average Bonchev–Trinajstić information content (AvgIpc) is 2.57. The van der Waals surface area contributed by atoms with Crippen molar-refractivity contribution in [1.82, 2.24) is 5.32 Å². The third-order valence-electron chi connectivity index (χ3n) is 4.68. The van der Waals surface area contributed by atoms with Crippen LogP contribution in [-0.4, -0.2) is 19.0 Å². The van der Waals surface area contributed by atoms with Crippen molar-refractivity contribution in [1.29, 1.82) is 0 Å². The molecule has 1 heterocycles. The Morgan fingerprint density at radius 2 is 1.57 bits per heavy atom. The number of nitrogens with one attached hydrogen (secondary N) is 2. The normalized spacial score (nSPS) is 16.7. The van der Waals surface area contributed by atoms with E-state index in [4.69, 9.17) is 0 Å². The summed E-state index contributed by atoms with van der Waals surface area (Å²) in [5.74, 6) is 0.119. The lowest BCUT2D eigenvalue weighted by Gasteiger charge is -2.37. The molecule has 23 heavy (non-hydrogen) atoms. The molecule has 2 aromatic rings. The van der Waals surface area contributed by atoms with Crippen molar-refractivity contribution in [3.63, 3.8) is 0 Å². The SMILES string of the molecule is O=C(CC1(Cc2ccccc2)CCNCC1)Nc1ccccc1. The topological polar surface area (TPSA) is 41.1 Å². The van der Waals surface area contributed by atoms with Crippen molar-refractivity contribution in [2.24, 2.45) is 5.41 Å².